The molecule has 2 aromatic carbocycles. The van der Waals surface area contributed by atoms with E-state index in [0.29, 0.717) is 16.8 Å². The summed E-state index contributed by atoms with van der Waals surface area (Å²) in [5.41, 5.74) is 5.25. The average molecular weight is 359 g/mol. The molecule has 5 nitrogen and oxygen atoms in total. The standard InChI is InChI=1S/C22H21N3O2/c1-14-9-15(2)20(16(3)10-14)25-22(27)18-11-17(12-23-13-18)21(26)24-19-7-5-4-6-8-19/h4-13H,1-3H3,(H,24,26)(H,25,27). The Balaban J connectivity index is 1.79. The summed E-state index contributed by atoms with van der Waals surface area (Å²) in [6.07, 6.45) is 2.89. The lowest BCUT2D eigenvalue weighted by molar-refractivity contribution is 0.102. The first-order valence-electron chi connectivity index (χ1n) is 8.64. The third kappa shape index (κ3) is 4.39. The molecule has 27 heavy (non-hydrogen) atoms. The number of nitrogens with zero attached hydrogens (tertiary/aromatic N) is 1. The van der Waals surface area contributed by atoms with Gasteiger partial charge in [-0.2, -0.15) is 0 Å². The summed E-state index contributed by atoms with van der Waals surface area (Å²) in [5, 5.41) is 5.72. The summed E-state index contributed by atoms with van der Waals surface area (Å²) < 4.78 is 0. The number of anilines is 2. The van der Waals surface area contributed by atoms with Crippen molar-refractivity contribution >= 4 is 23.2 Å². The molecule has 0 radical (unpaired) electrons. The van der Waals surface area contributed by atoms with E-state index in [4.69, 9.17) is 0 Å². The van der Waals surface area contributed by atoms with Crippen molar-refractivity contribution in [1.82, 2.24) is 4.98 Å². The van der Waals surface area contributed by atoms with E-state index in [0.717, 1.165) is 22.4 Å². The number of benzene rings is 2. The minimum atomic E-state index is -0.314. The fourth-order valence-electron chi connectivity index (χ4n) is 2.98. The molecule has 0 atom stereocenters. The van der Waals surface area contributed by atoms with E-state index < -0.39 is 0 Å². The number of aromatic nitrogens is 1. The zero-order valence-electron chi connectivity index (χ0n) is 15.5. The molecule has 0 saturated heterocycles. The van der Waals surface area contributed by atoms with E-state index in [1.54, 1.807) is 18.2 Å². The summed E-state index contributed by atoms with van der Waals surface area (Å²) in [6, 6.07) is 14.7. The number of nitrogens with one attached hydrogen (secondary N) is 2. The van der Waals surface area contributed by atoms with Crippen LogP contribution in [0.2, 0.25) is 0 Å². The molecule has 5 heteroatoms. The maximum absolute atomic E-state index is 12.7. The van der Waals surface area contributed by atoms with Gasteiger partial charge < -0.3 is 10.6 Å². The maximum atomic E-state index is 12.7. The van der Waals surface area contributed by atoms with Gasteiger partial charge in [-0.05, 0) is 50.1 Å². The van der Waals surface area contributed by atoms with Crippen LogP contribution in [-0.4, -0.2) is 16.8 Å². The van der Waals surface area contributed by atoms with Gasteiger partial charge in [0.25, 0.3) is 11.8 Å². The highest BCUT2D eigenvalue weighted by molar-refractivity contribution is 6.08. The number of aryl methyl sites for hydroxylation is 3. The SMILES string of the molecule is Cc1cc(C)c(NC(=O)c2cncc(C(=O)Nc3ccccc3)c2)c(C)c1. The maximum Gasteiger partial charge on any atom is 0.257 e. The molecular weight excluding hydrogens is 338 g/mol. The number of hydrogen-bond donors (Lipinski definition) is 2. The van der Waals surface area contributed by atoms with Crippen molar-refractivity contribution < 1.29 is 9.59 Å². The molecule has 0 bridgehead atoms. The fraction of sp³-hybridized carbons (Fsp3) is 0.136. The molecule has 0 spiro atoms. The van der Waals surface area contributed by atoms with Gasteiger partial charge in [-0.1, -0.05) is 35.9 Å². The van der Waals surface area contributed by atoms with Crippen molar-refractivity contribution in [3.8, 4) is 0 Å². The van der Waals surface area contributed by atoms with Crippen LogP contribution in [0.5, 0.6) is 0 Å². The minimum absolute atomic E-state index is 0.299. The Morgan fingerprint density at radius 2 is 1.33 bits per heavy atom. The van der Waals surface area contributed by atoms with Crippen LogP contribution in [0.4, 0.5) is 11.4 Å². The summed E-state index contributed by atoms with van der Waals surface area (Å²) in [5.74, 6) is -0.613. The first kappa shape index (κ1) is 18.3. The summed E-state index contributed by atoms with van der Waals surface area (Å²) in [6.45, 7) is 5.93. The molecule has 3 rings (SSSR count). The fourth-order valence-corrected chi connectivity index (χ4v) is 2.98. The normalized spacial score (nSPS) is 10.3. The second-order valence-corrected chi connectivity index (χ2v) is 6.51. The summed E-state index contributed by atoms with van der Waals surface area (Å²) >= 11 is 0. The van der Waals surface area contributed by atoms with Crippen molar-refractivity contribution in [3.63, 3.8) is 0 Å². The molecular formula is C22H21N3O2. The Bertz CT molecular complexity index is 974. The van der Waals surface area contributed by atoms with Gasteiger partial charge in [0, 0.05) is 23.8 Å². The third-order valence-corrected chi connectivity index (χ3v) is 4.21. The second-order valence-electron chi connectivity index (χ2n) is 6.51. The van der Waals surface area contributed by atoms with Gasteiger partial charge in [0.2, 0.25) is 0 Å². The predicted octanol–water partition coefficient (Wildman–Crippen LogP) is 4.51. The zero-order valence-corrected chi connectivity index (χ0v) is 15.5. The number of carbonyl (C=O) groups is 2. The van der Waals surface area contributed by atoms with E-state index in [9.17, 15) is 9.59 Å². The van der Waals surface area contributed by atoms with Gasteiger partial charge in [0.05, 0.1) is 11.1 Å². The molecule has 0 aliphatic carbocycles. The van der Waals surface area contributed by atoms with Crippen LogP contribution in [0.1, 0.15) is 37.4 Å². The van der Waals surface area contributed by atoms with E-state index >= 15 is 0 Å². The molecule has 3 aromatic rings. The lowest BCUT2D eigenvalue weighted by Crippen LogP contribution is -2.17. The Morgan fingerprint density at radius 1 is 0.778 bits per heavy atom. The molecule has 0 fully saturated rings. The molecule has 2 amide bonds. The van der Waals surface area contributed by atoms with Crippen LogP contribution in [0, 0.1) is 20.8 Å². The topological polar surface area (TPSA) is 71.1 Å². The predicted molar refractivity (Wildman–Crippen MR) is 107 cm³/mol. The first-order valence-corrected chi connectivity index (χ1v) is 8.64. The Kier molecular flexibility index (Phi) is 5.31. The first-order chi connectivity index (χ1) is 12.9. The number of carbonyl (C=O) groups excluding carboxylic acids is 2. The highest BCUT2D eigenvalue weighted by Crippen LogP contribution is 2.22. The minimum Gasteiger partial charge on any atom is -0.322 e. The Labute approximate surface area is 158 Å². The zero-order chi connectivity index (χ0) is 19.4. The molecule has 2 N–H and O–H groups in total. The molecule has 0 aliphatic rings. The molecule has 136 valence electrons. The molecule has 1 aromatic heterocycles. The highest BCUT2D eigenvalue weighted by atomic mass is 16.2. The van der Waals surface area contributed by atoms with Gasteiger partial charge in [-0.25, -0.2) is 0 Å². The van der Waals surface area contributed by atoms with Crippen LogP contribution in [0.25, 0.3) is 0 Å². The van der Waals surface area contributed by atoms with Crippen LogP contribution in [-0.2, 0) is 0 Å². The monoisotopic (exact) mass is 359 g/mol. The Hall–Kier alpha value is -3.47. The third-order valence-electron chi connectivity index (χ3n) is 4.21. The van der Waals surface area contributed by atoms with Gasteiger partial charge in [0.1, 0.15) is 0 Å². The van der Waals surface area contributed by atoms with Crippen LogP contribution in [0.3, 0.4) is 0 Å². The van der Waals surface area contributed by atoms with Crippen molar-refractivity contribution in [1.29, 1.82) is 0 Å². The molecule has 0 aliphatic heterocycles. The molecule has 0 saturated carbocycles. The van der Waals surface area contributed by atoms with Crippen LogP contribution in [0.15, 0.2) is 60.9 Å². The summed E-state index contributed by atoms with van der Waals surface area (Å²) in [7, 11) is 0. The van der Waals surface area contributed by atoms with Gasteiger partial charge in [-0.15, -0.1) is 0 Å². The van der Waals surface area contributed by atoms with Gasteiger partial charge in [-0.3, -0.25) is 14.6 Å². The van der Waals surface area contributed by atoms with E-state index in [1.165, 1.54) is 12.4 Å². The van der Waals surface area contributed by atoms with Gasteiger partial charge >= 0.3 is 0 Å². The number of para-hydroxylation sites is 1. The number of pyridine rings is 1. The highest BCUT2D eigenvalue weighted by Gasteiger charge is 2.14. The number of rotatable bonds is 4. The van der Waals surface area contributed by atoms with Crippen LogP contribution >= 0.6 is 0 Å². The Morgan fingerprint density at radius 3 is 1.93 bits per heavy atom. The number of amides is 2. The lowest BCUT2D eigenvalue weighted by Gasteiger charge is -2.13. The molecule has 1 heterocycles. The van der Waals surface area contributed by atoms with E-state index in [2.05, 4.69) is 15.6 Å². The van der Waals surface area contributed by atoms with Gasteiger partial charge in [0.15, 0.2) is 0 Å². The van der Waals surface area contributed by atoms with E-state index in [-0.39, 0.29) is 11.8 Å². The smallest absolute Gasteiger partial charge is 0.257 e. The van der Waals surface area contributed by atoms with E-state index in [1.807, 2.05) is 51.1 Å². The van der Waals surface area contributed by atoms with Crippen LogP contribution < -0.4 is 10.6 Å². The number of hydrogen-bond acceptors (Lipinski definition) is 3. The van der Waals surface area contributed by atoms with Crippen molar-refractivity contribution in [2.45, 2.75) is 20.8 Å². The molecule has 0 unspecified atom stereocenters. The van der Waals surface area contributed by atoms with Crippen molar-refractivity contribution in [2.24, 2.45) is 0 Å². The average Bonchev–Trinajstić information content (AvgIpc) is 2.65. The lowest BCUT2D eigenvalue weighted by atomic mass is 10.0. The summed E-state index contributed by atoms with van der Waals surface area (Å²) in [4.78, 5) is 29.1. The van der Waals surface area contributed by atoms with Crippen molar-refractivity contribution in [2.75, 3.05) is 10.6 Å². The van der Waals surface area contributed by atoms with Crippen molar-refractivity contribution in [3.05, 3.63) is 88.7 Å². The second kappa shape index (κ2) is 7.83. The largest absolute Gasteiger partial charge is 0.322 e. The quantitative estimate of drug-likeness (QED) is 0.720.